The summed E-state index contributed by atoms with van der Waals surface area (Å²) in [5, 5.41) is 0. The van der Waals surface area contributed by atoms with E-state index in [2.05, 4.69) is 6.07 Å². The SMILES string of the molecule is Cc1ccc(-c2ccc(-c3cc[c-]cc3)c(F)c2)cc1.[Y]. The molecule has 101 valence electrons. The summed E-state index contributed by atoms with van der Waals surface area (Å²) in [7, 11) is 0. The Labute approximate surface area is 149 Å². The van der Waals surface area contributed by atoms with Crippen molar-refractivity contribution in [2.75, 3.05) is 0 Å². The summed E-state index contributed by atoms with van der Waals surface area (Å²) in [6.07, 6.45) is 0. The second kappa shape index (κ2) is 7.11. The van der Waals surface area contributed by atoms with Gasteiger partial charge < -0.3 is 0 Å². The minimum atomic E-state index is -0.200. The molecule has 0 amide bonds. The third kappa shape index (κ3) is 3.67. The number of hydrogen-bond acceptors (Lipinski definition) is 0. The average molecular weight is 350 g/mol. The van der Waals surface area contributed by atoms with Crippen molar-refractivity contribution in [1.29, 1.82) is 0 Å². The molecule has 0 atom stereocenters. The normalized spacial score (nSPS) is 10.0. The summed E-state index contributed by atoms with van der Waals surface area (Å²) in [5.74, 6) is -0.200. The number of benzene rings is 3. The van der Waals surface area contributed by atoms with Crippen LogP contribution in [-0.2, 0) is 32.7 Å². The van der Waals surface area contributed by atoms with E-state index >= 15 is 0 Å². The van der Waals surface area contributed by atoms with Crippen LogP contribution in [0.25, 0.3) is 22.3 Å². The minimum Gasteiger partial charge on any atom is -0.206 e. The fraction of sp³-hybridized carbons (Fsp3) is 0.0526. The predicted octanol–water partition coefficient (Wildman–Crippen LogP) is 5.27. The molecule has 0 bridgehead atoms. The topological polar surface area (TPSA) is 0 Å². The molecule has 0 saturated heterocycles. The van der Waals surface area contributed by atoms with Crippen LogP contribution in [0, 0.1) is 18.8 Å². The molecule has 0 unspecified atom stereocenters. The van der Waals surface area contributed by atoms with Gasteiger partial charge in [0.1, 0.15) is 5.82 Å². The van der Waals surface area contributed by atoms with E-state index in [1.165, 1.54) is 5.56 Å². The Morgan fingerprint density at radius 2 is 1.38 bits per heavy atom. The fourth-order valence-electron chi connectivity index (χ4n) is 2.24. The predicted molar refractivity (Wildman–Crippen MR) is 80.8 cm³/mol. The van der Waals surface area contributed by atoms with E-state index in [1.807, 2.05) is 55.5 Å². The number of halogens is 1. The molecule has 0 heterocycles. The largest absolute Gasteiger partial charge is 0.206 e. The Balaban J connectivity index is 0.00000161. The van der Waals surface area contributed by atoms with Gasteiger partial charge in [0.15, 0.2) is 0 Å². The number of rotatable bonds is 2. The first kappa shape index (κ1) is 16.1. The van der Waals surface area contributed by atoms with Crippen molar-refractivity contribution in [3.05, 3.63) is 84.2 Å². The zero-order chi connectivity index (χ0) is 13.9. The Hall–Kier alpha value is -1.31. The van der Waals surface area contributed by atoms with Crippen LogP contribution in [0.15, 0.2) is 66.7 Å². The van der Waals surface area contributed by atoms with Crippen LogP contribution < -0.4 is 0 Å². The zero-order valence-corrected chi connectivity index (χ0v) is 14.6. The van der Waals surface area contributed by atoms with Crippen molar-refractivity contribution >= 4 is 0 Å². The van der Waals surface area contributed by atoms with E-state index in [1.54, 1.807) is 18.2 Å². The van der Waals surface area contributed by atoms with Crippen molar-refractivity contribution in [2.24, 2.45) is 0 Å². The Morgan fingerprint density at radius 1 is 0.762 bits per heavy atom. The van der Waals surface area contributed by atoms with Gasteiger partial charge in [-0.3, -0.25) is 0 Å². The van der Waals surface area contributed by atoms with Crippen LogP contribution in [0.3, 0.4) is 0 Å². The summed E-state index contributed by atoms with van der Waals surface area (Å²) < 4.78 is 14.3. The second-order valence-corrected chi connectivity index (χ2v) is 4.85. The third-order valence-corrected chi connectivity index (χ3v) is 3.38. The summed E-state index contributed by atoms with van der Waals surface area (Å²) in [5.41, 5.74) is 4.62. The van der Waals surface area contributed by atoms with Gasteiger partial charge >= 0.3 is 0 Å². The van der Waals surface area contributed by atoms with Gasteiger partial charge in [0, 0.05) is 32.7 Å². The van der Waals surface area contributed by atoms with Gasteiger partial charge in [0.05, 0.1) is 0 Å². The molecule has 0 nitrogen and oxygen atoms in total. The minimum absolute atomic E-state index is 0. The van der Waals surface area contributed by atoms with E-state index < -0.39 is 0 Å². The van der Waals surface area contributed by atoms with Crippen LogP contribution in [0.5, 0.6) is 0 Å². The van der Waals surface area contributed by atoms with Crippen LogP contribution in [0.2, 0.25) is 0 Å². The van der Waals surface area contributed by atoms with Crippen LogP contribution in [0.1, 0.15) is 5.56 Å². The molecule has 0 saturated carbocycles. The first-order valence-corrected chi connectivity index (χ1v) is 6.57. The maximum atomic E-state index is 14.3. The summed E-state index contributed by atoms with van der Waals surface area (Å²) in [6.45, 7) is 2.04. The van der Waals surface area contributed by atoms with Crippen LogP contribution in [0.4, 0.5) is 4.39 Å². The number of aryl methyl sites for hydroxylation is 1. The molecule has 0 aliphatic carbocycles. The van der Waals surface area contributed by atoms with Crippen LogP contribution in [-0.4, -0.2) is 0 Å². The molecule has 0 aliphatic heterocycles. The Morgan fingerprint density at radius 3 is 2.00 bits per heavy atom. The molecular formula is C19H14FY-. The standard InChI is InChI=1S/C19H14F.Y/c1-14-7-9-15(10-8-14)17-11-12-18(19(20)13-17)16-5-3-2-4-6-16;/h3-13H,1H3;/q-1;. The molecule has 2 heteroatoms. The van der Waals surface area contributed by atoms with E-state index in [0.29, 0.717) is 5.56 Å². The molecule has 0 fully saturated rings. The second-order valence-electron chi connectivity index (χ2n) is 4.85. The maximum Gasteiger partial charge on any atom is 0.129 e. The van der Waals surface area contributed by atoms with E-state index in [-0.39, 0.29) is 38.5 Å². The van der Waals surface area contributed by atoms with Gasteiger partial charge in [-0.25, -0.2) is 4.39 Å². The molecule has 0 N–H and O–H groups in total. The molecule has 21 heavy (non-hydrogen) atoms. The molecule has 0 spiro atoms. The molecule has 0 aromatic heterocycles. The van der Waals surface area contributed by atoms with Gasteiger partial charge in [-0.1, -0.05) is 42.0 Å². The smallest absolute Gasteiger partial charge is 0.129 e. The maximum absolute atomic E-state index is 14.3. The third-order valence-electron chi connectivity index (χ3n) is 3.38. The van der Waals surface area contributed by atoms with Crippen molar-refractivity contribution in [2.45, 2.75) is 6.92 Å². The summed E-state index contributed by atoms with van der Waals surface area (Å²) in [4.78, 5) is 0. The quantitative estimate of drug-likeness (QED) is 0.553. The van der Waals surface area contributed by atoms with E-state index in [0.717, 1.165) is 16.7 Å². The van der Waals surface area contributed by atoms with E-state index in [9.17, 15) is 4.39 Å². The summed E-state index contributed by atoms with van der Waals surface area (Å²) >= 11 is 0. The first-order valence-electron chi connectivity index (χ1n) is 6.57. The van der Waals surface area contributed by atoms with Gasteiger partial charge in [0.2, 0.25) is 0 Å². The summed E-state index contributed by atoms with van der Waals surface area (Å²) in [6, 6.07) is 23.7. The number of hydrogen-bond donors (Lipinski definition) is 0. The molecule has 0 aliphatic rings. The van der Waals surface area contributed by atoms with Gasteiger partial charge in [-0.15, -0.1) is 5.56 Å². The Kier molecular flexibility index (Phi) is 5.44. The van der Waals surface area contributed by atoms with Crippen molar-refractivity contribution in [3.63, 3.8) is 0 Å². The van der Waals surface area contributed by atoms with Gasteiger partial charge in [0.25, 0.3) is 0 Å². The van der Waals surface area contributed by atoms with Gasteiger partial charge in [-0.2, -0.15) is 30.3 Å². The first-order chi connectivity index (χ1) is 9.74. The van der Waals surface area contributed by atoms with Crippen molar-refractivity contribution in [1.82, 2.24) is 0 Å². The van der Waals surface area contributed by atoms with Crippen molar-refractivity contribution in [3.8, 4) is 22.3 Å². The molecule has 3 aromatic carbocycles. The molecular weight excluding hydrogens is 336 g/mol. The van der Waals surface area contributed by atoms with Crippen LogP contribution >= 0.6 is 0 Å². The zero-order valence-electron chi connectivity index (χ0n) is 11.8. The monoisotopic (exact) mass is 350 g/mol. The Bertz CT molecular complexity index is 718. The average Bonchev–Trinajstić information content (AvgIpc) is 2.49. The van der Waals surface area contributed by atoms with Crippen molar-refractivity contribution < 1.29 is 37.1 Å². The molecule has 1 radical (unpaired) electrons. The fourth-order valence-corrected chi connectivity index (χ4v) is 2.24. The van der Waals surface area contributed by atoms with Gasteiger partial charge in [-0.05, 0) is 29.7 Å². The van der Waals surface area contributed by atoms with E-state index in [4.69, 9.17) is 0 Å². The molecule has 3 aromatic rings. The molecule has 3 rings (SSSR count).